The molecule has 0 atom stereocenters. The van der Waals surface area contributed by atoms with Gasteiger partial charge in [0.05, 0.1) is 13.1 Å². The van der Waals surface area contributed by atoms with Crippen LogP contribution in [0.1, 0.15) is 24.2 Å². The average Bonchev–Trinajstić information content (AvgIpc) is 3.11. The molecule has 1 saturated carbocycles. The van der Waals surface area contributed by atoms with Crippen molar-refractivity contribution in [3.8, 4) is 0 Å². The fraction of sp³-hybridized carbons (Fsp3) is 0.385. The van der Waals surface area contributed by atoms with E-state index in [1.54, 1.807) is 18.5 Å². The van der Waals surface area contributed by atoms with Crippen LogP contribution in [0, 0.1) is 5.82 Å². The van der Waals surface area contributed by atoms with Crippen molar-refractivity contribution in [2.75, 3.05) is 0 Å². The second kappa shape index (κ2) is 4.86. The van der Waals surface area contributed by atoms with Crippen LogP contribution in [0.2, 0.25) is 0 Å². The van der Waals surface area contributed by atoms with Gasteiger partial charge >= 0.3 is 0 Å². The van der Waals surface area contributed by atoms with E-state index in [9.17, 15) is 4.39 Å². The monoisotopic (exact) mass is 246 g/mol. The predicted octanol–water partition coefficient (Wildman–Crippen LogP) is 1.72. The molecule has 5 heteroatoms. The molecule has 1 fully saturated rings. The van der Waals surface area contributed by atoms with E-state index in [-0.39, 0.29) is 5.82 Å². The number of nitrogens with zero attached hydrogens (tertiary/aromatic N) is 3. The number of nitrogens with one attached hydrogen (secondary N) is 1. The van der Waals surface area contributed by atoms with Crippen LogP contribution >= 0.6 is 0 Å². The second-order valence-corrected chi connectivity index (χ2v) is 4.62. The molecular formula is C13H15FN4. The summed E-state index contributed by atoms with van der Waals surface area (Å²) in [5.41, 5.74) is 1.02. The highest BCUT2D eigenvalue weighted by atomic mass is 19.1. The molecule has 1 N–H and O–H groups in total. The lowest BCUT2D eigenvalue weighted by Crippen LogP contribution is -2.19. The number of aromatic nitrogens is 3. The molecule has 1 heterocycles. The number of halogens is 1. The quantitative estimate of drug-likeness (QED) is 0.873. The second-order valence-electron chi connectivity index (χ2n) is 4.62. The summed E-state index contributed by atoms with van der Waals surface area (Å²) in [5.74, 6) is 0.708. The summed E-state index contributed by atoms with van der Waals surface area (Å²) in [5, 5.41) is 7.62. The van der Waals surface area contributed by atoms with E-state index in [4.69, 9.17) is 0 Å². The molecule has 0 spiro atoms. The van der Waals surface area contributed by atoms with E-state index in [2.05, 4.69) is 15.4 Å². The lowest BCUT2D eigenvalue weighted by atomic mass is 10.2. The van der Waals surface area contributed by atoms with Crippen molar-refractivity contribution < 1.29 is 4.39 Å². The first-order valence-electron chi connectivity index (χ1n) is 6.16. The fourth-order valence-corrected chi connectivity index (χ4v) is 1.84. The van der Waals surface area contributed by atoms with Crippen LogP contribution < -0.4 is 5.32 Å². The minimum absolute atomic E-state index is 0.215. The van der Waals surface area contributed by atoms with E-state index in [1.165, 1.54) is 25.0 Å². The van der Waals surface area contributed by atoms with E-state index in [0.717, 1.165) is 17.9 Å². The average molecular weight is 246 g/mol. The first-order chi connectivity index (χ1) is 8.81. The summed E-state index contributed by atoms with van der Waals surface area (Å²) in [6.45, 7) is 1.37. The zero-order chi connectivity index (χ0) is 12.4. The smallest absolute Gasteiger partial charge is 0.141 e. The highest BCUT2D eigenvalue weighted by molar-refractivity contribution is 5.16. The molecule has 94 valence electrons. The SMILES string of the molecule is Fc1ccc(Cn2ncnc2CNC2CC2)cc1. The largest absolute Gasteiger partial charge is 0.307 e. The van der Waals surface area contributed by atoms with Crippen molar-refractivity contribution in [1.82, 2.24) is 20.1 Å². The Bertz CT molecular complexity index is 516. The lowest BCUT2D eigenvalue weighted by molar-refractivity contribution is 0.581. The van der Waals surface area contributed by atoms with Gasteiger partial charge < -0.3 is 5.32 Å². The third kappa shape index (κ3) is 2.73. The zero-order valence-electron chi connectivity index (χ0n) is 10.0. The molecular weight excluding hydrogens is 231 g/mol. The van der Waals surface area contributed by atoms with Crippen LogP contribution in [0.5, 0.6) is 0 Å². The normalized spacial score (nSPS) is 14.9. The lowest BCUT2D eigenvalue weighted by Gasteiger charge is -2.07. The molecule has 0 radical (unpaired) electrons. The summed E-state index contributed by atoms with van der Waals surface area (Å²) in [4.78, 5) is 4.24. The van der Waals surface area contributed by atoms with Crippen LogP contribution in [-0.4, -0.2) is 20.8 Å². The van der Waals surface area contributed by atoms with Crippen molar-refractivity contribution in [3.63, 3.8) is 0 Å². The molecule has 1 aromatic carbocycles. The van der Waals surface area contributed by atoms with Crippen molar-refractivity contribution >= 4 is 0 Å². The van der Waals surface area contributed by atoms with Crippen molar-refractivity contribution in [1.29, 1.82) is 0 Å². The number of rotatable bonds is 5. The van der Waals surface area contributed by atoms with Gasteiger partial charge in [0.1, 0.15) is 18.0 Å². The number of hydrogen-bond acceptors (Lipinski definition) is 3. The highest BCUT2D eigenvalue weighted by Crippen LogP contribution is 2.19. The van der Waals surface area contributed by atoms with Gasteiger partial charge in [-0.05, 0) is 30.5 Å². The van der Waals surface area contributed by atoms with Crippen LogP contribution in [0.4, 0.5) is 4.39 Å². The molecule has 0 amide bonds. The van der Waals surface area contributed by atoms with Gasteiger partial charge in [0.25, 0.3) is 0 Å². The Morgan fingerprint density at radius 1 is 1.28 bits per heavy atom. The minimum atomic E-state index is -0.215. The maximum Gasteiger partial charge on any atom is 0.141 e. The van der Waals surface area contributed by atoms with Gasteiger partial charge in [-0.1, -0.05) is 12.1 Å². The highest BCUT2D eigenvalue weighted by Gasteiger charge is 2.20. The van der Waals surface area contributed by atoms with E-state index in [1.807, 2.05) is 4.68 Å². The van der Waals surface area contributed by atoms with E-state index in [0.29, 0.717) is 12.6 Å². The molecule has 1 aromatic heterocycles. The van der Waals surface area contributed by atoms with Gasteiger partial charge in [-0.2, -0.15) is 5.10 Å². The standard InChI is InChI=1S/C13H15FN4/c14-11-3-1-10(2-4-11)8-18-13(16-9-17-18)7-15-12-5-6-12/h1-4,9,12,15H,5-8H2. The molecule has 1 aliphatic rings. The summed E-state index contributed by atoms with van der Waals surface area (Å²) < 4.78 is 14.7. The summed E-state index contributed by atoms with van der Waals surface area (Å²) in [7, 11) is 0. The molecule has 1 aliphatic carbocycles. The number of hydrogen-bond donors (Lipinski definition) is 1. The molecule has 0 aliphatic heterocycles. The molecule has 18 heavy (non-hydrogen) atoms. The Balaban J connectivity index is 1.67. The summed E-state index contributed by atoms with van der Waals surface area (Å²) in [6.07, 6.45) is 4.08. The number of benzene rings is 1. The Hall–Kier alpha value is -1.75. The molecule has 0 unspecified atom stereocenters. The molecule has 3 rings (SSSR count). The van der Waals surface area contributed by atoms with Crippen molar-refractivity contribution in [2.45, 2.75) is 32.0 Å². The van der Waals surface area contributed by atoms with Crippen molar-refractivity contribution in [2.24, 2.45) is 0 Å². The Morgan fingerprint density at radius 2 is 2.06 bits per heavy atom. The summed E-state index contributed by atoms with van der Waals surface area (Å²) in [6, 6.07) is 7.13. The molecule has 0 saturated heterocycles. The molecule has 0 bridgehead atoms. The minimum Gasteiger partial charge on any atom is -0.307 e. The third-order valence-electron chi connectivity index (χ3n) is 3.07. The van der Waals surface area contributed by atoms with Gasteiger partial charge in [-0.25, -0.2) is 14.1 Å². The predicted molar refractivity (Wildman–Crippen MR) is 65.4 cm³/mol. The topological polar surface area (TPSA) is 42.7 Å². The fourth-order valence-electron chi connectivity index (χ4n) is 1.84. The van der Waals surface area contributed by atoms with Gasteiger partial charge in [-0.3, -0.25) is 0 Å². The Morgan fingerprint density at radius 3 is 2.78 bits per heavy atom. The van der Waals surface area contributed by atoms with Gasteiger partial charge in [0, 0.05) is 6.04 Å². The van der Waals surface area contributed by atoms with Crippen LogP contribution in [0.25, 0.3) is 0 Å². The van der Waals surface area contributed by atoms with Gasteiger partial charge in [0.2, 0.25) is 0 Å². The van der Waals surface area contributed by atoms with E-state index >= 15 is 0 Å². The maximum absolute atomic E-state index is 12.8. The first kappa shape index (κ1) is 11.3. The first-order valence-corrected chi connectivity index (χ1v) is 6.16. The molecule has 2 aromatic rings. The van der Waals surface area contributed by atoms with Crippen molar-refractivity contribution in [3.05, 3.63) is 47.8 Å². The summed E-state index contributed by atoms with van der Waals surface area (Å²) >= 11 is 0. The Kier molecular flexibility index (Phi) is 3.06. The maximum atomic E-state index is 12.8. The van der Waals surface area contributed by atoms with Gasteiger partial charge in [0.15, 0.2) is 0 Å². The third-order valence-corrected chi connectivity index (χ3v) is 3.07. The Labute approximate surface area is 105 Å². The van der Waals surface area contributed by atoms with Crippen LogP contribution in [0.15, 0.2) is 30.6 Å². The van der Waals surface area contributed by atoms with Crippen LogP contribution in [-0.2, 0) is 13.1 Å². The van der Waals surface area contributed by atoms with Crippen LogP contribution in [0.3, 0.4) is 0 Å². The molecule has 4 nitrogen and oxygen atoms in total. The zero-order valence-corrected chi connectivity index (χ0v) is 10.0. The van der Waals surface area contributed by atoms with E-state index < -0.39 is 0 Å². The van der Waals surface area contributed by atoms with Gasteiger partial charge in [-0.15, -0.1) is 0 Å².